The lowest BCUT2D eigenvalue weighted by atomic mass is 9.95. The fourth-order valence-electron chi connectivity index (χ4n) is 3.58. The first-order valence-electron chi connectivity index (χ1n) is 10.0. The molecule has 3 unspecified atom stereocenters. The summed E-state index contributed by atoms with van der Waals surface area (Å²) in [5.41, 5.74) is 2.27. The van der Waals surface area contributed by atoms with Gasteiger partial charge in [0.25, 0.3) is 0 Å². The van der Waals surface area contributed by atoms with Crippen LogP contribution in [0.15, 0.2) is 40.7 Å². The van der Waals surface area contributed by atoms with Gasteiger partial charge < -0.3 is 10.6 Å². The number of benzene rings is 1. The predicted octanol–water partition coefficient (Wildman–Crippen LogP) is 3.60. The van der Waals surface area contributed by atoms with E-state index in [-0.39, 0.29) is 0 Å². The van der Waals surface area contributed by atoms with Gasteiger partial charge in [-0.3, -0.25) is 9.20 Å². The number of aliphatic imine (C=N–C) groups is 1. The first-order chi connectivity index (χ1) is 13.7. The molecule has 1 aromatic carbocycles. The standard InChI is InChI=1S/C21H30N4OS2/c1-3-28(26)19-11-7-10-17(14-19)25-21(22-2)23-13-12-18-15-27-20(24-18)16-8-5-4-6-9-16/h4-6,8-9,15,17,19H,3,7,10-14H2,1-2H3,(H2,22,23,25). The summed E-state index contributed by atoms with van der Waals surface area (Å²) in [5, 5.41) is 10.4. The Morgan fingerprint density at radius 2 is 2.14 bits per heavy atom. The van der Waals surface area contributed by atoms with Crippen molar-refractivity contribution < 1.29 is 4.21 Å². The van der Waals surface area contributed by atoms with Gasteiger partial charge in [-0.2, -0.15) is 0 Å². The minimum Gasteiger partial charge on any atom is -0.356 e. The molecule has 1 saturated carbocycles. The Morgan fingerprint density at radius 1 is 1.32 bits per heavy atom. The molecule has 5 nitrogen and oxygen atoms in total. The summed E-state index contributed by atoms with van der Waals surface area (Å²) in [6.07, 6.45) is 5.15. The quantitative estimate of drug-likeness (QED) is 0.533. The van der Waals surface area contributed by atoms with Crippen LogP contribution < -0.4 is 10.6 Å². The minimum absolute atomic E-state index is 0.320. The third-order valence-electron chi connectivity index (χ3n) is 5.09. The number of rotatable bonds is 7. The van der Waals surface area contributed by atoms with E-state index in [1.165, 1.54) is 5.56 Å². The summed E-state index contributed by atoms with van der Waals surface area (Å²) < 4.78 is 12.1. The molecule has 28 heavy (non-hydrogen) atoms. The Morgan fingerprint density at radius 3 is 2.89 bits per heavy atom. The van der Waals surface area contributed by atoms with E-state index in [0.29, 0.717) is 11.3 Å². The zero-order chi connectivity index (χ0) is 19.8. The van der Waals surface area contributed by atoms with Crippen LogP contribution in [0.4, 0.5) is 0 Å². The predicted molar refractivity (Wildman–Crippen MR) is 120 cm³/mol. The van der Waals surface area contributed by atoms with E-state index < -0.39 is 10.8 Å². The summed E-state index contributed by atoms with van der Waals surface area (Å²) in [7, 11) is 1.10. The molecule has 1 fully saturated rings. The van der Waals surface area contributed by atoms with E-state index in [0.717, 1.165) is 61.1 Å². The Hall–Kier alpha value is -1.73. The smallest absolute Gasteiger partial charge is 0.191 e. The summed E-state index contributed by atoms with van der Waals surface area (Å²) in [5.74, 6) is 1.58. The molecule has 1 heterocycles. The van der Waals surface area contributed by atoms with Crippen LogP contribution in [0.1, 0.15) is 38.3 Å². The molecular weight excluding hydrogens is 388 g/mol. The van der Waals surface area contributed by atoms with Crippen LogP contribution in [0, 0.1) is 0 Å². The van der Waals surface area contributed by atoms with Crippen LogP contribution in [-0.4, -0.2) is 45.8 Å². The van der Waals surface area contributed by atoms with Gasteiger partial charge in [0.1, 0.15) is 5.01 Å². The van der Waals surface area contributed by atoms with E-state index in [1.54, 1.807) is 18.4 Å². The lowest BCUT2D eigenvalue weighted by Gasteiger charge is -2.30. The monoisotopic (exact) mass is 418 g/mol. The molecule has 3 atom stereocenters. The van der Waals surface area contributed by atoms with Gasteiger partial charge in [-0.25, -0.2) is 4.98 Å². The molecule has 2 N–H and O–H groups in total. The summed E-state index contributed by atoms with van der Waals surface area (Å²) >= 11 is 1.69. The first kappa shape index (κ1) is 21.0. The van der Waals surface area contributed by atoms with E-state index in [2.05, 4.69) is 33.1 Å². The minimum atomic E-state index is -0.702. The highest BCUT2D eigenvalue weighted by atomic mass is 32.2. The van der Waals surface area contributed by atoms with Crippen molar-refractivity contribution in [3.63, 3.8) is 0 Å². The van der Waals surface area contributed by atoms with Gasteiger partial charge in [0.2, 0.25) is 0 Å². The molecule has 0 aliphatic heterocycles. The molecule has 3 rings (SSSR count). The molecule has 2 aromatic rings. The fourth-order valence-corrected chi connectivity index (χ4v) is 5.79. The number of guanidine groups is 1. The van der Waals surface area contributed by atoms with Gasteiger partial charge >= 0.3 is 0 Å². The molecule has 7 heteroatoms. The highest BCUT2D eigenvalue weighted by Crippen LogP contribution is 2.24. The van der Waals surface area contributed by atoms with Crippen molar-refractivity contribution in [3.05, 3.63) is 41.4 Å². The van der Waals surface area contributed by atoms with Gasteiger partial charge in [-0.05, 0) is 19.3 Å². The van der Waals surface area contributed by atoms with Gasteiger partial charge in [0.15, 0.2) is 5.96 Å². The number of nitrogens with one attached hydrogen (secondary N) is 2. The molecule has 0 bridgehead atoms. The van der Waals surface area contributed by atoms with Crippen molar-refractivity contribution in [2.24, 2.45) is 4.99 Å². The van der Waals surface area contributed by atoms with Crippen LogP contribution in [0.3, 0.4) is 0 Å². The number of aromatic nitrogens is 1. The second-order valence-electron chi connectivity index (χ2n) is 7.06. The normalized spacial score (nSPS) is 21.3. The largest absolute Gasteiger partial charge is 0.356 e. The summed E-state index contributed by atoms with van der Waals surface area (Å²) in [6.45, 7) is 2.80. The highest BCUT2D eigenvalue weighted by molar-refractivity contribution is 7.85. The Bertz CT molecular complexity index is 791. The van der Waals surface area contributed by atoms with Gasteiger partial charge in [-0.1, -0.05) is 43.7 Å². The van der Waals surface area contributed by atoms with Crippen LogP contribution >= 0.6 is 11.3 Å². The average Bonchev–Trinajstić information content (AvgIpc) is 3.22. The van der Waals surface area contributed by atoms with Crippen molar-refractivity contribution >= 4 is 28.1 Å². The number of nitrogens with zero attached hydrogens (tertiary/aromatic N) is 2. The topological polar surface area (TPSA) is 66.4 Å². The molecule has 1 aromatic heterocycles. The number of thiazole rings is 1. The molecule has 0 spiro atoms. The average molecular weight is 419 g/mol. The van der Waals surface area contributed by atoms with Crippen LogP contribution in [0.5, 0.6) is 0 Å². The summed E-state index contributed by atoms with van der Waals surface area (Å²) in [6, 6.07) is 10.6. The van der Waals surface area contributed by atoms with E-state index in [9.17, 15) is 4.21 Å². The third-order valence-corrected chi connectivity index (χ3v) is 7.77. The number of hydrogen-bond acceptors (Lipinski definition) is 4. The zero-order valence-corrected chi connectivity index (χ0v) is 18.3. The summed E-state index contributed by atoms with van der Waals surface area (Å²) in [4.78, 5) is 9.10. The van der Waals surface area contributed by atoms with E-state index >= 15 is 0 Å². The molecule has 1 aliphatic rings. The highest BCUT2D eigenvalue weighted by Gasteiger charge is 2.25. The molecule has 152 valence electrons. The van der Waals surface area contributed by atoms with Crippen molar-refractivity contribution in [3.8, 4) is 10.6 Å². The van der Waals surface area contributed by atoms with Crippen molar-refractivity contribution in [2.75, 3.05) is 19.3 Å². The van der Waals surface area contributed by atoms with Gasteiger partial charge in [0.05, 0.1) is 5.69 Å². The van der Waals surface area contributed by atoms with Crippen LogP contribution in [0.25, 0.3) is 10.6 Å². The van der Waals surface area contributed by atoms with Crippen molar-refractivity contribution in [1.29, 1.82) is 0 Å². The lowest BCUT2D eigenvalue weighted by molar-refractivity contribution is 0.413. The van der Waals surface area contributed by atoms with E-state index in [4.69, 9.17) is 4.98 Å². The molecule has 1 aliphatic carbocycles. The first-order valence-corrected chi connectivity index (χ1v) is 12.3. The SMILES string of the molecule is CCS(=O)C1CCCC(NC(=NC)NCCc2csc(-c3ccccc3)n2)C1. The second-order valence-corrected chi connectivity index (χ2v) is 9.92. The molecule has 0 amide bonds. The lowest BCUT2D eigenvalue weighted by Crippen LogP contribution is -2.47. The third kappa shape index (κ3) is 5.88. The van der Waals surface area contributed by atoms with Crippen molar-refractivity contribution in [1.82, 2.24) is 15.6 Å². The Balaban J connectivity index is 1.46. The van der Waals surface area contributed by atoms with Gasteiger partial charge in [-0.15, -0.1) is 11.3 Å². The maximum absolute atomic E-state index is 12.1. The van der Waals surface area contributed by atoms with Gasteiger partial charge in [0, 0.05) is 58.8 Å². The zero-order valence-electron chi connectivity index (χ0n) is 16.7. The maximum Gasteiger partial charge on any atom is 0.191 e. The second kappa shape index (κ2) is 10.7. The molecule has 0 saturated heterocycles. The van der Waals surface area contributed by atoms with Crippen LogP contribution in [-0.2, 0) is 17.2 Å². The fraction of sp³-hybridized carbons (Fsp3) is 0.524. The van der Waals surface area contributed by atoms with Crippen LogP contribution in [0.2, 0.25) is 0 Å². The Labute approximate surface area is 174 Å². The van der Waals surface area contributed by atoms with E-state index in [1.807, 2.05) is 25.1 Å². The maximum atomic E-state index is 12.1. The number of hydrogen-bond donors (Lipinski definition) is 2. The molecule has 0 radical (unpaired) electrons. The van der Waals surface area contributed by atoms with Crippen molar-refractivity contribution in [2.45, 2.75) is 50.3 Å². The Kier molecular flexibility index (Phi) is 8.03. The molecular formula is C21H30N4OS2.